The van der Waals surface area contributed by atoms with E-state index in [1.807, 2.05) is 18.5 Å². The molecule has 92 valence electrons. The van der Waals surface area contributed by atoms with E-state index in [4.69, 9.17) is 0 Å². The number of nitrogens with one attached hydrogen (secondary N) is 1. The van der Waals surface area contributed by atoms with E-state index >= 15 is 0 Å². The van der Waals surface area contributed by atoms with Gasteiger partial charge in [0.05, 0.1) is 15.7 Å². The van der Waals surface area contributed by atoms with E-state index in [-0.39, 0.29) is 0 Å². The molecule has 2 atom stereocenters. The van der Waals surface area contributed by atoms with Crippen molar-refractivity contribution in [1.29, 1.82) is 0 Å². The van der Waals surface area contributed by atoms with Gasteiger partial charge in [-0.3, -0.25) is 0 Å². The summed E-state index contributed by atoms with van der Waals surface area (Å²) in [7, 11) is 0. The van der Waals surface area contributed by atoms with Crippen molar-refractivity contribution in [2.24, 2.45) is 0 Å². The molecule has 0 saturated heterocycles. The monoisotopic (exact) mass is 267 g/mol. The summed E-state index contributed by atoms with van der Waals surface area (Å²) in [6, 6.07) is 0.308. The standard InChI is InChI=1S/C12H17N3S2/c1-8(12-13-4-5-16-12)6-14-9(2)11-7-17-10(3)15-11/h4-5,7-9,14H,6H2,1-3H3. The van der Waals surface area contributed by atoms with Crippen LogP contribution in [0.3, 0.4) is 0 Å². The first-order chi connectivity index (χ1) is 8.16. The summed E-state index contributed by atoms with van der Waals surface area (Å²) in [6.07, 6.45) is 1.86. The van der Waals surface area contributed by atoms with Gasteiger partial charge in [0.2, 0.25) is 0 Å². The maximum atomic E-state index is 4.49. The van der Waals surface area contributed by atoms with E-state index in [0.29, 0.717) is 12.0 Å². The Morgan fingerprint density at radius 3 is 2.76 bits per heavy atom. The van der Waals surface area contributed by atoms with Gasteiger partial charge in [0, 0.05) is 35.5 Å². The van der Waals surface area contributed by atoms with Crippen LogP contribution in [0.2, 0.25) is 0 Å². The molecule has 2 aromatic heterocycles. The fourth-order valence-electron chi connectivity index (χ4n) is 1.60. The van der Waals surface area contributed by atoms with Crippen molar-refractivity contribution >= 4 is 22.7 Å². The van der Waals surface area contributed by atoms with Crippen LogP contribution in [0.1, 0.15) is 41.5 Å². The second kappa shape index (κ2) is 5.71. The molecule has 0 amide bonds. The van der Waals surface area contributed by atoms with E-state index in [1.165, 1.54) is 5.01 Å². The summed E-state index contributed by atoms with van der Waals surface area (Å²) >= 11 is 3.42. The molecule has 0 saturated carbocycles. The van der Waals surface area contributed by atoms with Crippen molar-refractivity contribution in [3.8, 4) is 0 Å². The van der Waals surface area contributed by atoms with Crippen molar-refractivity contribution in [1.82, 2.24) is 15.3 Å². The Balaban J connectivity index is 1.86. The fourth-order valence-corrected chi connectivity index (χ4v) is 3.01. The van der Waals surface area contributed by atoms with Gasteiger partial charge in [0.25, 0.3) is 0 Å². The van der Waals surface area contributed by atoms with Crippen LogP contribution in [0.25, 0.3) is 0 Å². The van der Waals surface area contributed by atoms with Crippen LogP contribution in [0.4, 0.5) is 0 Å². The third-order valence-corrected chi connectivity index (χ3v) is 4.48. The lowest BCUT2D eigenvalue weighted by Gasteiger charge is -2.14. The minimum Gasteiger partial charge on any atom is -0.308 e. The molecule has 0 radical (unpaired) electrons. The molecule has 1 N–H and O–H groups in total. The Labute approximate surface area is 110 Å². The topological polar surface area (TPSA) is 37.8 Å². The molecule has 2 rings (SSSR count). The van der Waals surface area contributed by atoms with Crippen LogP contribution in [0.15, 0.2) is 17.0 Å². The van der Waals surface area contributed by atoms with Crippen molar-refractivity contribution in [3.63, 3.8) is 0 Å². The first-order valence-corrected chi connectivity index (χ1v) is 7.47. The molecule has 2 unspecified atom stereocenters. The third-order valence-electron chi connectivity index (χ3n) is 2.68. The number of hydrogen-bond acceptors (Lipinski definition) is 5. The smallest absolute Gasteiger partial charge is 0.0965 e. The van der Waals surface area contributed by atoms with Crippen molar-refractivity contribution in [2.75, 3.05) is 6.54 Å². The third kappa shape index (κ3) is 3.34. The first kappa shape index (κ1) is 12.7. The van der Waals surface area contributed by atoms with Gasteiger partial charge in [-0.2, -0.15) is 0 Å². The summed E-state index contributed by atoms with van der Waals surface area (Å²) in [5.74, 6) is 0.456. The number of hydrogen-bond donors (Lipinski definition) is 1. The summed E-state index contributed by atoms with van der Waals surface area (Å²) < 4.78 is 0. The molecule has 0 aromatic carbocycles. The molecule has 0 fully saturated rings. The molecule has 2 aromatic rings. The van der Waals surface area contributed by atoms with Gasteiger partial charge in [-0.05, 0) is 13.8 Å². The quantitative estimate of drug-likeness (QED) is 0.902. The molecule has 17 heavy (non-hydrogen) atoms. The molecule has 5 heteroatoms. The molecule has 0 aliphatic rings. The van der Waals surface area contributed by atoms with Crippen LogP contribution in [-0.2, 0) is 0 Å². The lowest BCUT2D eigenvalue weighted by Crippen LogP contribution is -2.23. The predicted molar refractivity (Wildman–Crippen MR) is 73.8 cm³/mol. The Morgan fingerprint density at radius 1 is 1.35 bits per heavy atom. The number of nitrogens with zero attached hydrogens (tertiary/aromatic N) is 2. The molecule has 0 aliphatic carbocycles. The molecule has 3 nitrogen and oxygen atoms in total. The van der Waals surface area contributed by atoms with Gasteiger partial charge < -0.3 is 5.32 Å². The zero-order chi connectivity index (χ0) is 12.3. The van der Waals surface area contributed by atoms with Crippen molar-refractivity contribution < 1.29 is 0 Å². The van der Waals surface area contributed by atoms with Crippen molar-refractivity contribution in [3.05, 3.63) is 32.7 Å². The highest BCUT2D eigenvalue weighted by atomic mass is 32.1. The summed E-state index contributed by atoms with van der Waals surface area (Å²) in [6.45, 7) is 7.33. The van der Waals surface area contributed by atoms with E-state index < -0.39 is 0 Å². The molecular formula is C12H17N3S2. The molecule has 0 aliphatic heterocycles. The minimum absolute atomic E-state index is 0.308. The molecular weight excluding hydrogens is 250 g/mol. The van der Waals surface area contributed by atoms with Gasteiger partial charge in [0.15, 0.2) is 0 Å². The van der Waals surface area contributed by atoms with E-state index in [1.54, 1.807) is 22.7 Å². The van der Waals surface area contributed by atoms with Crippen molar-refractivity contribution in [2.45, 2.75) is 32.7 Å². The summed E-state index contributed by atoms with van der Waals surface area (Å²) in [5, 5.41) is 9.98. The van der Waals surface area contributed by atoms with E-state index in [0.717, 1.165) is 17.2 Å². The van der Waals surface area contributed by atoms with Gasteiger partial charge in [-0.1, -0.05) is 6.92 Å². The maximum absolute atomic E-state index is 4.49. The Bertz CT molecular complexity index is 450. The van der Waals surface area contributed by atoms with E-state index in [2.05, 4.69) is 34.5 Å². The average Bonchev–Trinajstić information content (AvgIpc) is 2.95. The number of rotatable bonds is 5. The normalized spacial score (nSPS) is 14.8. The minimum atomic E-state index is 0.308. The predicted octanol–water partition coefficient (Wildman–Crippen LogP) is 3.36. The second-order valence-electron chi connectivity index (χ2n) is 4.19. The maximum Gasteiger partial charge on any atom is 0.0965 e. The van der Waals surface area contributed by atoms with E-state index in [9.17, 15) is 0 Å². The highest BCUT2D eigenvalue weighted by Crippen LogP contribution is 2.19. The van der Waals surface area contributed by atoms with Gasteiger partial charge >= 0.3 is 0 Å². The van der Waals surface area contributed by atoms with Crippen LogP contribution in [-0.4, -0.2) is 16.5 Å². The SMILES string of the molecule is Cc1nc(C(C)NCC(C)c2nccs2)cs1. The van der Waals surface area contributed by atoms with Crippen LogP contribution < -0.4 is 5.32 Å². The van der Waals surface area contributed by atoms with Crippen LogP contribution in [0.5, 0.6) is 0 Å². The highest BCUT2D eigenvalue weighted by molar-refractivity contribution is 7.09. The second-order valence-corrected chi connectivity index (χ2v) is 6.18. The van der Waals surface area contributed by atoms with Gasteiger partial charge in [-0.15, -0.1) is 22.7 Å². The zero-order valence-electron chi connectivity index (χ0n) is 10.3. The molecule has 2 heterocycles. The average molecular weight is 267 g/mol. The first-order valence-electron chi connectivity index (χ1n) is 5.71. The molecule has 0 bridgehead atoms. The Morgan fingerprint density at radius 2 is 2.18 bits per heavy atom. The summed E-state index contributed by atoms with van der Waals surface area (Å²) in [4.78, 5) is 8.83. The lowest BCUT2D eigenvalue weighted by molar-refractivity contribution is 0.528. The molecule has 0 spiro atoms. The zero-order valence-corrected chi connectivity index (χ0v) is 11.9. The highest BCUT2D eigenvalue weighted by Gasteiger charge is 2.12. The van der Waals surface area contributed by atoms with Crippen LogP contribution in [0, 0.1) is 6.92 Å². The fraction of sp³-hybridized carbons (Fsp3) is 0.500. The number of aryl methyl sites for hydroxylation is 1. The Kier molecular flexibility index (Phi) is 4.25. The van der Waals surface area contributed by atoms with Gasteiger partial charge in [-0.25, -0.2) is 9.97 Å². The van der Waals surface area contributed by atoms with Gasteiger partial charge in [0.1, 0.15) is 0 Å². The largest absolute Gasteiger partial charge is 0.308 e. The Hall–Kier alpha value is -0.780. The summed E-state index contributed by atoms with van der Waals surface area (Å²) in [5.41, 5.74) is 1.14. The lowest BCUT2D eigenvalue weighted by atomic mass is 10.1. The van der Waals surface area contributed by atoms with Crippen LogP contribution >= 0.6 is 22.7 Å². The number of thiazole rings is 2. The number of aromatic nitrogens is 2.